The quantitative estimate of drug-likeness (QED) is 0.816. The Balaban J connectivity index is 1.78. The maximum atomic E-state index is 12.2. The molecule has 1 aliphatic carbocycles. The number of aryl methyl sites for hydroxylation is 2. The lowest BCUT2D eigenvalue weighted by Gasteiger charge is -2.29. The number of urea groups is 1. The molecule has 0 fully saturated rings. The van der Waals surface area contributed by atoms with Crippen LogP contribution in [0, 0.1) is 6.92 Å². The predicted octanol–water partition coefficient (Wildman–Crippen LogP) is 3.01. The van der Waals surface area contributed by atoms with Gasteiger partial charge in [0.1, 0.15) is 0 Å². The van der Waals surface area contributed by atoms with Crippen molar-refractivity contribution in [3.05, 3.63) is 52.4 Å². The van der Waals surface area contributed by atoms with E-state index in [2.05, 4.69) is 16.7 Å². The average molecular weight is 302 g/mol. The number of anilines is 1. The Morgan fingerprint density at radius 2 is 2.14 bits per heavy atom. The molecule has 3 N–H and O–H groups in total. The van der Waals surface area contributed by atoms with E-state index < -0.39 is 5.54 Å². The predicted molar refractivity (Wildman–Crippen MR) is 84.7 cm³/mol. The first kappa shape index (κ1) is 14.1. The molecule has 0 aliphatic heterocycles. The fourth-order valence-electron chi connectivity index (χ4n) is 2.88. The first-order chi connectivity index (χ1) is 10.1. The van der Waals surface area contributed by atoms with Gasteiger partial charge in [-0.05, 0) is 43.0 Å². The summed E-state index contributed by atoms with van der Waals surface area (Å²) in [6, 6.07) is 11.5. The van der Waals surface area contributed by atoms with Gasteiger partial charge in [-0.1, -0.05) is 24.3 Å². The molecule has 4 nitrogen and oxygen atoms in total. The standard InChI is InChI=1S/C16H18N2O2S/c1-11-6-7-14(21-11)17-15(20)18-16(10-19)9-8-12-4-2-3-5-13(12)16/h2-7,19H,8-10H2,1H3,(H2,17,18,20). The summed E-state index contributed by atoms with van der Waals surface area (Å²) in [7, 11) is 0. The van der Waals surface area contributed by atoms with Crippen molar-refractivity contribution in [3.63, 3.8) is 0 Å². The van der Waals surface area contributed by atoms with Crippen LogP contribution in [0.1, 0.15) is 22.4 Å². The van der Waals surface area contributed by atoms with Crippen LogP contribution in [-0.4, -0.2) is 17.7 Å². The molecule has 0 saturated carbocycles. The van der Waals surface area contributed by atoms with Gasteiger partial charge in [-0.3, -0.25) is 5.32 Å². The monoisotopic (exact) mass is 302 g/mol. The summed E-state index contributed by atoms with van der Waals surface area (Å²) >= 11 is 1.53. The number of fused-ring (bicyclic) bond motifs is 1. The Kier molecular flexibility index (Phi) is 3.69. The average Bonchev–Trinajstić information content (AvgIpc) is 3.04. The zero-order valence-corrected chi connectivity index (χ0v) is 12.7. The van der Waals surface area contributed by atoms with Crippen molar-refractivity contribution in [2.24, 2.45) is 0 Å². The number of hydrogen-bond acceptors (Lipinski definition) is 3. The maximum absolute atomic E-state index is 12.2. The largest absolute Gasteiger partial charge is 0.394 e. The highest BCUT2D eigenvalue weighted by Gasteiger charge is 2.39. The zero-order chi connectivity index (χ0) is 14.9. The van der Waals surface area contributed by atoms with Gasteiger partial charge in [0.2, 0.25) is 0 Å². The van der Waals surface area contributed by atoms with Crippen LogP contribution in [0.15, 0.2) is 36.4 Å². The van der Waals surface area contributed by atoms with Gasteiger partial charge >= 0.3 is 6.03 Å². The number of aliphatic hydroxyl groups is 1. The second kappa shape index (κ2) is 5.50. The third-order valence-corrected chi connectivity index (χ3v) is 4.87. The van der Waals surface area contributed by atoms with Crippen LogP contribution in [0.5, 0.6) is 0 Å². The summed E-state index contributed by atoms with van der Waals surface area (Å²) in [5.74, 6) is 0. The van der Waals surface area contributed by atoms with Crippen molar-refractivity contribution in [3.8, 4) is 0 Å². The van der Waals surface area contributed by atoms with Crippen LogP contribution in [0.4, 0.5) is 9.80 Å². The summed E-state index contributed by atoms with van der Waals surface area (Å²) in [5.41, 5.74) is 1.54. The fraction of sp³-hybridized carbons (Fsp3) is 0.312. The molecule has 0 saturated heterocycles. The van der Waals surface area contributed by atoms with Gasteiger partial charge in [0, 0.05) is 4.88 Å². The molecule has 1 unspecified atom stereocenters. The van der Waals surface area contributed by atoms with E-state index >= 15 is 0 Å². The van der Waals surface area contributed by atoms with Crippen molar-refractivity contribution in [1.82, 2.24) is 5.32 Å². The number of nitrogens with one attached hydrogen (secondary N) is 2. The Hall–Kier alpha value is -1.85. The SMILES string of the molecule is Cc1ccc(NC(=O)NC2(CO)CCc3ccccc32)s1. The van der Waals surface area contributed by atoms with Gasteiger partial charge in [0.15, 0.2) is 0 Å². The third kappa shape index (κ3) is 2.66. The number of carbonyl (C=O) groups is 1. The molecule has 0 radical (unpaired) electrons. The molecule has 110 valence electrons. The number of carbonyl (C=O) groups excluding carboxylic acids is 1. The van der Waals surface area contributed by atoms with Gasteiger partial charge in [-0.2, -0.15) is 0 Å². The highest BCUT2D eigenvalue weighted by molar-refractivity contribution is 7.16. The molecule has 1 aliphatic rings. The second-order valence-corrected chi connectivity index (χ2v) is 6.67. The Morgan fingerprint density at radius 1 is 1.33 bits per heavy atom. The molecule has 1 heterocycles. The molecule has 1 atom stereocenters. The molecule has 0 spiro atoms. The van der Waals surface area contributed by atoms with E-state index in [-0.39, 0.29) is 12.6 Å². The minimum Gasteiger partial charge on any atom is -0.394 e. The minimum atomic E-state index is -0.674. The summed E-state index contributed by atoms with van der Waals surface area (Å²) in [6.07, 6.45) is 1.59. The van der Waals surface area contributed by atoms with Crippen LogP contribution in [0.25, 0.3) is 0 Å². The van der Waals surface area contributed by atoms with Crippen LogP contribution in [-0.2, 0) is 12.0 Å². The minimum absolute atomic E-state index is 0.0963. The molecule has 21 heavy (non-hydrogen) atoms. The number of hydrogen-bond donors (Lipinski definition) is 3. The van der Waals surface area contributed by atoms with E-state index in [0.717, 1.165) is 28.3 Å². The van der Waals surface area contributed by atoms with Gasteiger partial charge in [-0.15, -0.1) is 11.3 Å². The molecule has 2 aromatic rings. The van der Waals surface area contributed by atoms with Crippen molar-refractivity contribution < 1.29 is 9.90 Å². The van der Waals surface area contributed by atoms with Gasteiger partial charge in [0.05, 0.1) is 17.1 Å². The lowest BCUT2D eigenvalue weighted by Crippen LogP contribution is -2.48. The highest BCUT2D eigenvalue weighted by atomic mass is 32.1. The smallest absolute Gasteiger partial charge is 0.320 e. The van der Waals surface area contributed by atoms with E-state index in [9.17, 15) is 9.90 Å². The molecule has 1 aromatic heterocycles. The van der Waals surface area contributed by atoms with E-state index in [1.165, 1.54) is 16.9 Å². The first-order valence-corrected chi connectivity index (χ1v) is 7.79. The van der Waals surface area contributed by atoms with E-state index in [0.29, 0.717) is 0 Å². The lowest BCUT2D eigenvalue weighted by atomic mass is 9.93. The Labute approximate surface area is 127 Å². The van der Waals surface area contributed by atoms with Crippen molar-refractivity contribution in [2.75, 3.05) is 11.9 Å². The fourth-order valence-corrected chi connectivity index (χ4v) is 3.65. The number of amides is 2. The molecular weight excluding hydrogens is 284 g/mol. The molecule has 1 aromatic carbocycles. The summed E-state index contributed by atoms with van der Waals surface area (Å²) in [4.78, 5) is 13.4. The highest BCUT2D eigenvalue weighted by Crippen LogP contribution is 2.36. The molecular formula is C16H18N2O2S. The number of benzene rings is 1. The van der Waals surface area contributed by atoms with Gasteiger partial charge in [0.25, 0.3) is 0 Å². The van der Waals surface area contributed by atoms with Crippen LogP contribution < -0.4 is 10.6 Å². The van der Waals surface area contributed by atoms with E-state index in [4.69, 9.17) is 0 Å². The van der Waals surface area contributed by atoms with Crippen molar-refractivity contribution in [1.29, 1.82) is 0 Å². The van der Waals surface area contributed by atoms with Gasteiger partial charge in [-0.25, -0.2) is 4.79 Å². The normalized spacial score (nSPS) is 20.1. The molecule has 0 bridgehead atoms. The van der Waals surface area contributed by atoms with Crippen molar-refractivity contribution >= 4 is 22.4 Å². The van der Waals surface area contributed by atoms with E-state index in [1.807, 2.05) is 37.3 Å². The molecule has 3 rings (SSSR count). The summed E-state index contributed by atoms with van der Waals surface area (Å²) < 4.78 is 0. The van der Waals surface area contributed by atoms with Crippen LogP contribution in [0.3, 0.4) is 0 Å². The Morgan fingerprint density at radius 3 is 2.86 bits per heavy atom. The van der Waals surface area contributed by atoms with Crippen molar-refractivity contribution in [2.45, 2.75) is 25.3 Å². The second-order valence-electron chi connectivity index (χ2n) is 5.39. The summed E-state index contributed by atoms with van der Waals surface area (Å²) in [5, 5.41) is 16.5. The zero-order valence-electron chi connectivity index (χ0n) is 11.8. The maximum Gasteiger partial charge on any atom is 0.320 e. The number of thiophene rings is 1. The number of aliphatic hydroxyl groups excluding tert-OH is 1. The first-order valence-electron chi connectivity index (χ1n) is 6.98. The number of rotatable bonds is 3. The van der Waals surface area contributed by atoms with Crippen LogP contribution in [0.2, 0.25) is 0 Å². The van der Waals surface area contributed by atoms with E-state index in [1.54, 1.807) is 0 Å². The molecule has 2 amide bonds. The molecule has 5 heteroatoms. The van der Waals surface area contributed by atoms with Crippen LogP contribution >= 0.6 is 11.3 Å². The van der Waals surface area contributed by atoms with Gasteiger partial charge < -0.3 is 10.4 Å². The lowest BCUT2D eigenvalue weighted by molar-refractivity contribution is 0.164. The Bertz CT molecular complexity index is 668. The third-order valence-electron chi connectivity index (χ3n) is 3.95. The topological polar surface area (TPSA) is 61.4 Å². The summed E-state index contributed by atoms with van der Waals surface area (Å²) in [6.45, 7) is 1.90.